The van der Waals surface area contributed by atoms with E-state index in [0.717, 1.165) is 15.1 Å². The molecule has 17 heavy (non-hydrogen) atoms. The normalized spacial score (nSPS) is 10.2. The van der Waals surface area contributed by atoms with Crippen molar-refractivity contribution in [1.29, 1.82) is 0 Å². The first-order valence-corrected chi connectivity index (χ1v) is 6.88. The van der Waals surface area contributed by atoms with Gasteiger partial charge in [0.1, 0.15) is 5.75 Å². The number of ether oxygens (including phenoxy) is 1. The zero-order valence-electron chi connectivity index (χ0n) is 9.06. The molecule has 4 heteroatoms. The van der Waals surface area contributed by atoms with Gasteiger partial charge in [-0.15, -0.1) is 11.3 Å². The Balaban J connectivity index is 1.82. The molecule has 2 nitrogen and oxygen atoms in total. The van der Waals surface area contributed by atoms with Crippen LogP contribution in [0.1, 0.15) is 16.1 Å². The summed E-state index contributed by atoms with van der Waals surface area (Å²) in [4.78, 5) is 12.5. The van der Waals surface area contributed by atoms with Crippen LogP contribution >= 0.6 is 27.3 Å². The molecule has 0 radical (unpaired) electrons. The number of benzene rings is 1. The maximum atomic E-state index is 11.7. The SMILES string of the molecule is O=C(CCOc1cccc(Br)c1)c1cccs1. The predicted molar refractivity (Wildman–Crippen MR) is 72.9 cm³/mol. The van der Waals surface area contributed by atoms with E-state index in [1.54, 1.807) is 0 Å². The fourth-order valence-electron chi connectivity index (χ4n) is 1.38. The minimum atomic E-state index is 0.134. The Kier molecular flexibility index (Phi) is 4.34. The molecule has 0 bridgehead atoms. The van der Waals surface area contributed by atoms with Gasteiger partial charge in [0.25, 0.3) is 0 Å². The summed E-state index contributed by atoms with van der Waals surface area (Å²) in [5.74, 6) is 0.911. The third-order valence-electron chi connectivity index (χ3n) is 2.19. The Hall–Kier alpha value is -1.13. The van der Waals surface area contributed by atoms with Crippen LogP contribution in [0, 0.1) is 0 Å². The number of carbonyl (C=O) groups is 1. The largest absolute Gasteiger partial charge is 0.493 e. The van der Waals surface area contributed by atoms with Crippen LogP contribution in [-0.4, -0.2) is 12.4 Å². The number of halogens is 1. The summed E-state index contributed by atoms with van der Waals surface area (Å²) in [5, 5.41) is 1.91. The number of carbonyl (C=O) groups excluding carboxylic acids is 1. The molecular weight excluding hydrogens is 300 g/mol. The standard InChI is InChI=1S/C13H11BrO2S/c14-10-3-1-4-11(9-10)16-7-6-12(15)13-5-2-8-17-13/h1-5,8-9H,6-7H2. The summed E-state index contributed by atoms with van der Waals surface area (Å²) < 4.78 is 6.48. The van der Waals surface area contributed by atoms with Gasteiger partial charge in [0.05, 0.1) is 11.5 Å². The maximum Gasteiger partial charge on any atom is 0.176 e. The Morgan fingerprint density at radius 1 is 1.29 bits per heavy atom. The molecule has 0 aliphatic carbocycles. The van der Waals surface area contributed by atoms with Crippen molar-refractivity contribution < 1.29 is 9.53 Å². The average molecular weight is 311 g/mol. The molecular formula is C13H11BrO2S. The van der Waals surface area contributed by atoms with Gasteiger partial charge in [-0.1, -0.05) is 28.1 Å². The van der Waals surface area contributed by atoms with Gasteiger partial charge in [-0.3, -0.25) is 4.79 Å². The van der Waals surface area contributed by atoms with Crippen molar-refractivity contribution >= 4 is 33.0 Å². The van der Waals surface area contributed by atoms with Crippen molar-refractivity contribution in [3.8, 4) is 5.75 Å². The Bertz CT molecular complexity index is 494. The highest BCUT2D eigenvalue weighted by Crippen LogP contribution is 2.18. The molecule has 2 aromatic rings. The van der Waals surface area contributed by atoms with Crippen molar-refractivity contribution in [2.75, 3.05) is 6.61 Å². The number of ketones is 1. The lowest BCUT2D eigenvalue weighted by molar-refractivity contribution is 0.0966. The predicted octanol–water partition coefficient (Wildman–Crippen LogP) is 4.16. The molecule has 0 N–H and O–H groups in total. The molecule has 0 atom stereocenters. The summed E-state index contributed by atoms with van der Waals surface area (Å²) in [7, 11) is 0. The van der Waals surface area contributed by atoms with E-state index < -0.39 is 0 Å². The van der Waals surface area contributed by atoms with E-state index in [2.05, 4.69) is 15.9 Å². The average Bonchev–Trinajstić information content (AvgIpc) is 2.82. The fourth-order valence-corrected chi connectivity index (χ4v) is 2.45. The van der Waals surface area contributed by atoms with E-state index in [4.69, 9.17) is 4.74 Å². The number of Topliss-reactive ketones (excluding diaryl/α,β-unsaturated/α-hetero) is 1. The van der Waals surface area contributed by atoms with Gasteiger partial charge in [0.2, 0.25) is 0 Å². The molecule has 0 aliphatic rings. The number of hydrogen-bond acceptors (Lipinski definition) is 3. The van der Waals surface area contributed by atoms with Gasteiger partial charge in [0.15, 0.2) is 5.78 Å². The van der Waals surface area contributed by atoms with Crippen LogP contribution in [0.25, 0.3) is 0 Å². The second-order valence-electron chi connectivity index (χ2n) is 3.46. The molecule has 1 aromatic heterocycles. The van der Waals surface area contributed by atoms with E-state index in [1.165, 1.54) is 11.3 Å². The van der Waals surface area contributed by atoms with Crippen LogP contribution in [0.4, 0.5) is 0 Å². The molecule has 0 spiro atoms. The lowest BCUT2D eigenvalue weighted by Crippen LogP contribution is -2.05. The van der Waals surface area contributed by atoms with Crippen LogP contribution in [0.3, 0.4) is 0 Å². The zero-order chi connectivity index (χ0) is 12.1. The molecule has 0 aliphatic heterocycles. The van der Waals surface area contributed by atoms with Crippen molar-refractivity contribution in [3.05, 3.63) is 51.1 Å². The fraction of sp³-hybridized carbons (Fsp3) is 0.154. The summed E-state index contributed by atoms with van der Waals surface area (Å²) >= 11 is 4.84. The molecule has 2 rings (SSSR count). The highest BCUT2D eigenvalue weighted by molar-refractivity contribution is 9.10. The van der Waals surface area contributed by atoms with E-state index in [9.17, 15) is 4.79 Å². The molecule has 1 aromatic carbocycles. The number of rotatable bonds is 5. The molecule has 0 amide bonds. The van der Waals surface area contributed by atoms with Crippen LogP contribution in [0.5, 0.6) is 5.75 Å². The van der Waals surface area contributed by atoms with Crippen molar-refractivity contribution in [2.45, 2.75) is 6.42 Å². The van der Waals surface area contributed by atoms with Gasteiger partial charge < -0.3 is 4.74 Å². The quantitative estimate of drug-likeness (QED) is 0.775. The number of hydrogen-bond donors (Lipinski definition) is 0. The van der Waals surface area contributed by atoms with Crippen LogP contribution in [0.15, 0.2) is 46.3 Å². The lowest BCUT2D eigenvalue weighted by Gasteiger charge is -2.05. The van der Waals surface area contributed by atoms with Crippen LogP contribution in [-0.2, 0) is 0 Å². The van der Waals surface area contributed by atoms with E-state index >= 15 is 0 Å². The summed E-state index contributed by atoms with van der Waals surface area (Å²) in [6.07, 6.45) is 0.410. The third-order valence-corrected chi connectivity index (χ3v) is 3.59. The van der Waals surface area contributed by atoms with Gasteiger partial charge >= 0.3 is 0 Å². The van der Waals surface area contributed by atoms with Crippen molar-refractivity contribution in [2.24, 2.45) is 0 Å². The zero-order valence-corrected chi connectivity index (χ0v) is 11.5. The molecule has 88 valence electrons. The van der Waals surface area contributed by atoms with E-state index in [0.29, 0.717) is 13.0 Å². The van der Waals surface area contributed by atoms with Gasteiger partial charge in [-0.05, 0) is 29.6 Å². The molecule has 1 heterocycles. The molecule has 0 fully saturated rings. The van der Waals surface area contributed by atoms with Crippen molar-refractivity contribution in [1.82, 2.24) is 0 Å². The maximum absolute atomic E-state index is 11.7. The van der Waals surface area contributed by atoms with E-state index in [-0.39, 0.29) is 5.78 Å². The smallest absolute Gasteiger partial charge is 0.176 e. The minimum absolute atomic E-state index is 0.134. The Labute approximate surface area is 112 Å². The lowest BCUT2D eigenvalue weighted by atomic mass is 10.2. The number of thiophene rings is 1. The highest BCUT2D eigenvalue weighted by atomic mass is 79.9. The summed E-state index contributed by atoms with van der Waals surface area (Å²) in [6, 6.07) is 11.3. The second kappa shape index (κ2) is 5.98. The van der Waals surface area contributed by atoms with Gasteiger partial charge in [-0.25, -0.2) is 0 Å². The highest BCUT2D eigenvalue weighted by Gasteiger charge is 2.06. The Morgan fingerprint density at radius 3 is 2.88 bits per heavy atom. The summed E-state index contributed by atoms with van der Waals surface area (Å²) in [5.41, 5.74) is 0. The molecule has 0 saturated heterocycles. The minimum Gasteiger partial charge on any atom is -0.493 e. The second-order valence-corrected chi connectivity index (χ2v) is 5.32. The van der Waals surface area contributed by atoms with Gasteiger partial charge in [-0.2, -0.15) is 0 Å². The summed E-state index contributed by atoms with van der Waals surface area (Å²) in [6.45, 7) is 0.410. The van der Waals surface area contributed by atoms with Crippen LogP contribution < -0.4 is 4.74 Å². The van der Waals surface area contributed by atoms with Gasteiger partial charge in [0, 0.05) is 10.9 Å². The molecule has 0 unspecified atom stereocenters. The Morgan fingerprint density at radius 2 is 2.18 bits per heavy atom. The molecule has 0 saturated carbocycles. The first kappa shape index (κ1) is 12.3. The van der Waals surface area contributed by atoms with Crippen LogP contribution in [0.2, 0.25) is 0 Å². The third kappa shape index (κ3) is 3.68. The first-order valence-electron chi connectivity index (χ1n) is 5.21. The van der Waals surface area contributed by atoms with E-state index in [1.807, 2.05) is 41.8 Å². The monoisotopic (exact) mass is 310 g/mol. The topological polar surface area (TPSA) is 26.3 Å². The van der Waals surface area contributed by atoms with Crippen molar-refractivity contribution in [3.63, 3.8) is 0 Å². The first-order chi connectivity index (χ1) is 8.25.